The van der Waals surface area contributed by atoms with E-state index in [1.165, 1.54) is 29.5 Å². The fraction of sp³-hybridized carbons (Fsp3) is 0.417. The van der Waals surface area contributed by atoms with Crippen molar-refractivity contribution in [1.82, 2.24) is 10.2 Å². The molecule has 2 heterocycles. The number of carbonyl (C=O) groups is 2. The Morgan fingerprint density at radius 3 is 2.39 bits per heavy atom. The Morgan fingerprint density at radius 2 is 1.68 bits per heavy atom. The largest absolute Gasteiger partial charge is 0.371 e. The summed E-state index contributed by atoms with van der Waals surface area (Å²) in [7, 11) is 0. The highest BCUT2D eigenvalue weighted by atomic mass is 19.1. The standard InChI is InChI=1S/C24H27F2N3O2/c25-19-7-8-20(21(26)15-19)24(31)29-13-9-17(10-14-29)23(30)27-16-18-5-1-2-6-22(18)28-11-3-4-12-28/h1-2,5-8,15,17H,3-4,9-14,16H2,(H,27,30). The molecule has 0 atom stereocenters. The van der Waals surface area contributed by atoms with E-state index in [-0.39, 0.29) is 17.4 Å². The third kappa shape index (κ3) is 4.86. The number of hydrogen-bond donors (Lipinski definition) is 1. The van der Waals surface area contributed by atoms with Gasteiger partial charge in [-0.3, -0.25) is 9.59 Å². The second-order valence-electron chi connectivity index (χ2n) is 8.23. The van der Waals surface area contributed by atoms with Crippen molar-refractivity contribution >= 4 is 17.5 Å². The molecule has 4 rings (SSSR count). The Morgan fingerprint density at radius 1 is 0.968 bits per heavy atom. The average Bonchev–Trinajstić information content (AvgIpc) is 3.32. The van der Waals surface area contributed by atoms with Gasteiger partial charge in [-0.2, -0.15) is 0 Å². The highest BCUT2D eigenvalue weighted by Crippen LogP contribution is 2.25. The van der Waals surface area contributed by atoms with Crippen LogP contribution in [0.3, 0.4) is 0 Å². The topological polar surface area (TPSA) is 52.7 Å². The maximum Gasteiger partial charge on any atom is 0.256 e. The molecule has 2 amide bonds. The summed E-state index contributed by atoms with van der Waals surface area (Å²) in [6.45, 7) is 3.32. The molecule has 0 saturated carbocycles. The highest BCUT2D eigenvalue weighted by molar-refractivity contribution is 5.94. The van der Waals surface area contributed by atoms with Gasteiger partial charge in [0.2, 0.25) is 5.91 Å². The van der Waals surface area contributed by atoms with E-state index in [0.717, 1.165) is 24.7 Å². The van der Waals surface area contributed by atoms with Gasteiger partial charge in [0.15, 0.2) is 0 Å². The monoisotopic (exact) mass is 427 g/mol. The van der Waals surface area contributed by atoms with Gasteiger partial charge in [0.05, 0.1) is 5.56 Å². The molecule has 0 radical (unpaired) electrons. The normalized spacial score (nSPS) is 17.1. The van der Waals surface area contributed by atoms with Gasteiger partial charge in [-0.25, -0.2) is 8.78 Å². The number of piperidine rings is 1. The van der Waals surface area contributed by atoms with Crippen LogP contribution < -0.4 is 10.2 Å². The molecular weight excluding hydrogens is 400 g/mol. The molecule has 7 heteroatoms. The van der Waals surface area contributed by atoms with Crippen LogP contribution in [-0.4, -0.2) is 42.9 Å². The van der Waals surface area contributed by atoms with Crippen molar-refractivity contribution in [3.63, 3.8) is 0 Å². The average molecular weight is 427 g/mol. The van der Waals surface area contributed by atoms with E-state index in [1.54, 1.807) is 0 Å². The van der Waals surface area contributed by atoms with Gasteiger partial charge in [0, 0.05) is 50.4 Å². The first-order valence-corrected chi connectivity index (χ1v) is 10.9. The molecule has 0 aromatic heterocycles. The van der Waals surface area contributed by atoms with Gasteiger partial charge in [-0.1, -0.05) is 18.2 Å². The number of carbonyl (C=O) groups excluding carboxylic acids is 2. The van der Waals surface area contributed by atoms with Crippen LogP contribution >= 0.6 is 0 Å². The van der Waals surface area contributed by atoms with Gasteiger partial charge in [0.25, 0.3) is 5.91 Å². The minimum absolute atomic E-state index is 0.0173. The van der Waals surface area contributed by atoms with E-state index >= 15 is 0 Å². The number of nitrogens with zero attached hydrogens (tertiary/aromatic N) is 2. The van der Waals surface area contributed by atoms with Crippen molar-refractivity contribution in [3.8, 4) is 0 Å². The van der Waals surface area contributed by atoms with Crippen molar-refractivity contribution in [2.24, 2.45) is 5.92 Å². The molecule has 2 fully saturated rings. The fourth-order valence-electron chi connectivity index (χ4n) is 4.43. The van der Waals surface area contributed by atoms with E-state index in [0.29, 0.717) is 38.5 Å². The third-order valence-electron chi connectivity index (χ3n) is 6.21. The summed E-state index contributed by atoms with van der Waals surface area (Å²) >= 11 is 0. The van der Waals surface area contributed by atoms with E-state index in [2.05, 4.69) is 16.3 Å². The van der Waals surface area contributed by atoms with Crippen LogP contribution in [0, 0.1) is 17.6 Å². The van der Waals surface area contributed by atoms with Crippen molar-refractivity contribution in [2.75, 3.05) is 31.1 Å². The van der Waals surface area contributed by atoms with E-state index in [1.807, 2.05) is 18.2 Å². The molecular formula is C24H27F2N3O2. The van der Waals surface area contributed by atoms with E-state index < -0.39 is 17.5 Å². The number of likely N-dealkylation sites (tertiary alicyclic amines) is 1. The Balaban J connectivity index is 1.30. The zero-order valence-corrected chi connectivity index (χ0v) is 17.4. The summed E-state index contributed by atoms with van der Waals surface area (Å²) in [5.41, 5.74) is 2.15. The predicted molar refractivity (Wildman–Crippen MR) is 115 cm³/mol. The summed E-state index contributed by atoms with van der Waals surface area (Å²) in [6.07, 6.45) is 3.43. The Bertz CT molecular complexity index is 952. The minimum atomic E-state index is -0.860. The maximum atomic E-state index is 13.9. The summed E-state index contributed by atoms with van der Waals surface area (Å²) in [5, 5.41) is 3.05. The van der Waals surface area contributed by atoms with Crippen molar-refractivity contribution in [3.05, 3.63) is 65.2 Å². The highest BCUT2D eigenvalue weighted by Gasteiger charge is 2.29. The molecule has 2 saturated heterocycles. The van der Waals surface area contributed by atoms with E-state index in [4.69, 9.17) is 0 Å². The zero-order chi connectivity index (χ0) is 21.8. The SMILES string of the molecule is O=C(NCc1ccccc1N1CCCC1)C1CCN(C(=O)c2ccc(F)cc2F)CC1. The number of para-hydroxylation sites is 1. The molecule has 2 aromatic rings. The second kappa shape index (κ2) is 9.45. The molecule has 2 aromatic carbocycles. The number of nitrogens with one attached hydrogen (secondary N) is 1. The summed E-state index contributed by atoms with van der Waals surface area (Å²) in [4.78, 5) is 29.1. The van der Waals surface area contributed by atoms with Crippen LogP contribution in [0.2, 0.25) is 0 Å². The first-order valence-electron chi connectivity index (χ1n) is 10.9. The number of hydrogen-bond acceptors (Lipinski definition) is 3. The predicted octanol–water partition coefficient (Wildman–Crippen LogP) is 3.73. The van der Waals surface area contributed by atoms with Crippen molar-refractivity contribution in [1.29, 1.82) is 0 Å². The van der Waals surface area contributed by atoms with Gasteiger partial charge in [0.1, 0.15) is 11.6 Å². The lowest BCUT2D eigenvalue weighted by molar-refractivity contribution is -0.126. The van der Waals surface area contributed by atoms with Crippen molar-refractivity contribution in [2.45, 2.75) is 32.2 Å². The van der Waals surface area contributed by atoms with E-state index in [9.17, 15) is 18.4 Å². The van der Waals surface area contributed by atoms with Crippen LogP contribution in [-0.2, 0) is 11.3 Å². The maximum absolute atomic E-state index is 13.9. The molecule has 0 spiro atoms. The van der Waals surface area contributed by atoms with Gasteiger partial charge in [-0.05, 0) is 49.4 Å². The summed E-state index contributed by atoms with van der Waals surface area (Å²) < 4.78 is 27.0. The lowest BCUT2D eigenvalue weighted by atomic mass is 9.95. The molecule has 5 nitrogen and oxygen atoms in total. The van der Waals surface area contributed by atoms with Gasteiger partial charge >= 0.3 is 0 Å². The molecule has 0 aliphatic carbocycles. The molecule has 164 valence electrons. The lowest BCUT2D eigenvalue weighted by Gasteiger charge is -2.31. The fourth-order valence-corrected chi connectivity index (χ4v) is 4.43. The van der Waals surface area contributed by atoms with Gasteiger partial charge in [-0.15, -0.1) is 0 Å². The van der Waals surface area contributed by atoms with Crippen LogP contribution in [0.5, 0.6) is 0 Å². The van der Waals surface area contributed by atoms with Gasteiger partial charge < -0.3 is 15.1 Å². The number of halogens is 2. The number of anilines is 1. The number of amides is 2. The first kappa shape index (κ1) is 21.3. The number of benzene rings is 2. The molecule has 2 aliphatic heterocycles. The lowest BCUT2D eigenvalue weighted by Crippen LogP contribution is -2.43. The molecule has 0 bridgehead atoms. The second-order valence-corrected chi connectivity index (χ2v) is 8.23. The van der Waals surface area contributed by atoms with Crippen LogP contribution in [0.15, 0.2) is 42.5 Å². The molecule has 31 heavy (non-hydrogen) atoms. The quantitative estimate of drug-likeness (QED) is 0.791. The summed E-state index contributed by atoms with van der Waals surface area (Å²) in [6, 6.07) is 11.1. The van der Waals surface area contributed by atoms with Crippen LogP contribution in [0.1, 0.15) is 41.6 Å². The smallest absolute Gasteiger partial charge is 0.256 e. The van der Waals surface area contributed by atoms with Crippen molar-refractivity contribution < 1.29 is 18.4 Å². The Kier molecular flexibility index (Phi) is 6.49. The molecule has 1 N–H and O–H groups in total. The zero-order valence-electron chi connectivity index (χ0n) is 17.4. The Hall–Kier alpha value is -2.96. The molecule has 0 unspecified atom stereocenters. The molecule has 2 aliphatic rings. The number of rotatable bonds is 5. The third-order valence-corrected chi connectivity index (χ3v) is 6.21. The van der Waals surface area contributed by atoms with Crippen LogP contribution in [0.4, 0.5) is 14.5 Å². The Labute approximate surface area is 181 Å². The minimum Gasteiger partial charge on any atom is -0.371 e. The first-order chi connectivity index (χ1) is 15.0. The van der Waals surface area contributed by atoms with Crippen LogP contribution in [0.25, 0.3) is 0 Å². The summed E-state index contributed by atoms with van der Waals surface area (Å²) in [5.74, 6) is -2.23.